The van der Waals surface area contributed by atoms with E-state index >= 15 is 0 Å². The van der Waals surface area contributed by atoms with E-state index in [0.29, 0.717) is 12.6 Å². The van der Waals surface area contributed by atoms with E-state index in [0.717, 1.165) is 29.8 Å². The summed E-state index contributed by atoms with van der Waals surface area (Å²) in [5.74, 6) is 0. The molecule has 0 bridgehead atoms. The molecular weight excluding hydrogens is 272 g/mol. The molecule has 0 aliphatic heterocycles. The van der Waals surface area contributed by atoms with Crippen molar-refractivity contribution in [2.75, 3.05) is 0 Å². The summed E-state index contributed by atoms with van der Waals surface area (Å²) >= 11 is 0. The van der Waals surface area contributed by atoms with Gasteiger partial charge in [-0.1, -0.05) is 26.0 Å². The molecule has 22 heavy (non-hydrogen) atoms. The number of rotatable bonds is 6. The molecule has 1 aromatic carbocycles. The minimum Gasteiger partial charge on any atom is -0.321 e. The van der Waals surface area contributed by atoms with Gasteiger partial charge in [-0.2, -0.15) is 0 Å². The summed E-state index contributed by atoms with van der Waals surface area (Å²) in [7, 11) is 0. The molecule has 2 aromatic rings. The summed E-state index contributed by atoms with van der Waals surface area (Å²) in [6, 6.07) is 10.7. The predicted molar refractivity (Wildman–Crippen MR) is 92.7 cm³/mol. The molecule has 0 fully saturated rings. The summed E-state index contributed by atoms with van der Waals surface area (Å²) in [6.07, 6.45) is 4.06. The fraction of sp³-hybridized carbons (Fsp3) is 0.421. The first-order valence-electron chi connectivity index (χ1n) is 8.10. The van der Waals surface area contributed by atoms with E-state index in [-0.39, 0.29) is 5.43 Å². The minimum absolute atomic E-state index is 0.106. The third-order valence-electron chi connectivity index (χ3n) is 4.20. The molecule has 118 valence electrons. The first kappa shape index (κ1) is 16.5. The fourth-order valence-electron chi connectivity index (χ4n) is 2.40. The van der Waals surface area contributed by atoms with Crippen LogP contribution in [0.25, 0.3) is 5.69 Å². The Labute approximate surface area is 133 Å². The van der Waals surface area contributed by atoms with Crippen LogP contribution in [-0.4, -0.2) is 10.6 Å². The molecule has 0 amide bonds. The second-order valence-electron chi connectivity index (χ2n) is 5.88. The topological polar surface area (TPSA) is 34.0 Å². The second kappa shape index (κ2) is 7.41. The average Bonchev–Trinajstić information content (AvgIpc) is 2.54. The van der Waals surface area contributed by atoms with Crippen molar-refractivity contribution in [1.82, 2.24) is 9.88 Å². The molecule has 0 spiro atoms. The van der Waals surface area contributed by atoms with Crippen LogP contribution < -0.4 is 10.7 Å². The highest BCUT2D eigenvalue weighted by atomic mass is 16.1. The van der Waals surface area contributed by atoms with Crippen LogP contribution in [0.2, 0.25) is 0 Å². The fourth-order valence-corrected chi connectivity index (χ4v) is 2.40. The molecular formula is C19H26N2O. The summed E-state index contributed by atoms with van der Waals surface area (Å²) in [5.41, 5.74) is 4.29. The van der Waals surface area contributed by atoms with Gasteiger partial charge in [-0.15, -0.1) is 0 Å². The molecule has 2 rings (SSSR count). The zero-order valence-electron chi connectivity index (χ0n) is 14.0. The molecule has 1 unspecified atom stereocenters. The summed E-state index contributed by atoms with van der Waals surface area (Å²) in [6.45, 7) is 9.01. The van der Waals surface area contributed by atoms with Crippen LogP contribution in [0.1, 0.15) is 44.0 Å². The van der Waals surface area contributed by atoms with Gasteiger partial charge in [0.05, 0.1) is 0 Å². The van der Waals surface area contributed by atoms with Crippen molar-refractivity contribution < 1.29 is 0 Å². The third-order valence-corrected chi connectivity index (χ3v) is 4.20. The van der Waals surface area contributed by atoms with Gasteiger partial charge in [-0.05, 0) is 44.4 Å². The molecule has 0 aliphatic rings. The van der Waals surface area contributed by atoms with Crippen LogP contribution in [0, 0.1) is 6.92 Å². The van der Waals surface area contributed by atoms with Gasteiger partial charge < -0.3 is 9.88 Å². The Kier molecular flexibility index (Phi) is 5.56. The van der Waals surface area contributed by atoms with Gasteiger partial charge in [-0.3, -0.25) is 4.79 Å². The molecule has 0 aliphatic carbocycles. The lowest BCUT2D eigenvalue weighted by Gasteiger charge is -2.15. The van der Waals surface area contributed by atoms with E-state index in [1.807, 2.05) is 13.1 Å². The number of pyridine rings is 1. The molecule has 0 saturated carbocycles. The average molecular weight is 298 g/mol. The molecule has 1 heterocycles. The normalized spacial score (nSPS) is 12.4. The predicted octanol–water partition coefficient (Wildman–Crippen LogP) is 3.60. The first-order chi connectivity index (χ1) is 10.5. The van der Waals surface area contributed by atoms with Crippen molar-refractivity contribution in [1.29, 1.82) is 0 Å². The molecule has 1 N–H and O–H groups in total. The Morgan fingerprint density at radius 3 is 2.45 bits per heavy atom. The van der Waals surface area contributed by atoms with Gasteiger partial charge >= 0.3 is 0 Å². The van der Waals surface area contributed by atoms with Crippen LogP contribution in [0.5, 0.6) is 0 Å². The smallest absolute Gasteiger partial charge is 0.186 e. The van der Waals surface area contributed by atoms with Crippen molar-refractivity contribution in [2.24, 2.45) is 0 Å². The Bertz CT molecular complexity index is 671. The van der Waals surface area contributed by atoms with Gasteiger partial charge in [-0.25, -0.2) is 0 Å². The molecule has 3 nitrogen and oxygen atoms in total. The quantitative estimate of drug-likeness (QED) is 0.884. The SMILES string of the molecule is CCc1ccc(-n2cc(CNC(C)CC)c(=O)cc2C)cc1. The van der Waals surface area contributed by atoms with Crippen molar-refractivity contribution in [2.45, 2.75) is 53.1 Å². The van der Waals surface area contributed by atoms with Crippen LogP contribution >= 0.6 is 0 Å². The number of nitrogens with one attached hydrogen (secondary N) is 1. The second-order valence-corrected chi connectivity index (χ2v) is 5.88. The number of hydrogen-bond donors (Lipinski definition) is 1. The largest absolute Gasteiger partial charge is 0.321 e. The number of aryl methyl sites for hydroxylation is 2. The van der Waals surface area contributed by atoms with Crippen LogP contribution in [-0.2, 0) is 13.0 Å². The zero-order chi connectivity index (χ0) is 16.1. The van der Waals surface area contributed by atoms with E-state index in [4.69, 9.17) is 0 Å². The lowest BCUT2D eigenvalue weighted by Crippen LogP contribution is -2.28. The maximum absolute atomic E-state index is 12.2. The Hall–Kier alpha value is -1.87. The minimum atomic E-state index is 0.106. The van der Waals surface area contributed by atoms with E-state index in [1.54, 1.807) is 6.07 Å². The molecule has 1 atom stereocenters. The lowest BCUT2D eigenvalue weighted by molar-refractivity contribution is 0.532. The number of benzene rings is 1. The Balaban J connectivity index is 2.32. The Morgan fingerprint density at radius 2 is 1.86 bits per heavy atom. The van der Waals surface area contributed by atoms with Crippen molar-refractivity contribution in [3.8, 4) is 5.69 Å². The molecule has 3 heteroatoms. The summed E-state index contributed by atoms with van der Waals surface area (Å²) in [4.78, 5) is 12.2. The van der Waals surface area contributed by atoms with E-state index < -0.39 is 0 Å². The van der Waals surface area contributed by atoms with E-state index in [1.165, 1.54) is 5.56 Å². The monoisotopic (exact) mass is 298 g/mol. The standard InChI is InChI=1S/C19H26N2O/c1-5-14(3)20-12-17-13-21(15(4)11-19(17)22)18-9-7-16(6-2)8-10-18/h7-11,13-14,20H,5-6,12H2,1-4H3. The summed E-state index contributed by atoms with van der Waals surface area (Å²) < 4.78 is 2.09. The number of hydrogen-bond acceptors (Lipinski definition) is 2. The molecule has 0 saturated heterocycles. The maximum atomic E-state index is 12.2. The Morgan fingerprint density at radius 1 is 1.18 bits per heavy atom. The molecule has 0 radical (unpaired) electrons. The van der Waals surface area contributed by atoms with Gasteiger partial charge in [0.15, 0.2) is 5.43 Å². The van der Waals surface area contributed by atoms with Gasteiger partial charge in [0.25, 0.3) is 0 Å². The van der Waals surface area contributed by atoms with Crippen molar-refractivity contribution in [3.63, 3.8) is 0 Å². The van der Waals surface area contributed by atoms with Crippen LogP contribution in [0.15, 0.2) is 41.3 Å². The molecule has 1 aromatic heterocycles. The van der Waals surface area contributed by atoms with Crippen LogP contribution in [0.3, 0.4) is 0 Å². The highest BCUT2D eigenvalue weighted by molar-refractivity contribution is 5.37. The number of nitrogens with zero attached hydrogens (tertiary/aromatic N) is 1. The van der Waals surface area contributed by atoms with Gasteiger partial charge in [0, 0.05) is 41.8 Å². The lowest BCUT2D eigenvalue weighted by atomic mass is 10.1. The van der Waals surface area contributed by atoms with E-state index in [2.05, 4.69) is 54.9 Å². The highest BCUT2D eigenvalue weighted by Gasteiger charge is 2.07. The summed E-state index contributed by atoms with van der Waals surface area (Å²) in [5, 5.41) is 3.39. The van der Waals surface area contributed by atoms with E-state index in [9.17, 15) is 4.79 Å². The van der Waals surface area contributed by atoms with Crippen molar-refractivity contribution in [3.05, 3.63) is 63.6 Å². The van der Waals surface area contributed by atoms with Gasteiger partial charge in [0.2, 0.25) is 0 Å². The van der Waals surface area contributed by atoms with Crippen molar-refractivity contribution >= 4 is 0 Å². The first-order valence-corrected chi connectivity index (χ1v) is 8.10. The third kappa shape index (κ3) is 3.86. The highest BCUT2D eigenvalue weighted by Crippen LogP contribution is 2.13. The number of aromatic nitrogens is 1. The van der Waals surface area contributed by atoms with Crippen LogP contribution in [0.4, 0.5) is 0 Å². The van der Waals surface area contributed by atoms with Gasteiger partial charge in [0.1, 0.15) is 0 Å². The maximum Gasteiger partial charge on any atom is 0.186 e. The zero-order valence-corrected chi connectivity index (χ0v) is 14.0.